The van der Waals surface area contributed by atoms with Crippen LogP contribution in [0, 0.1) is 11.8 Å². The highest BCUT2D eigenvalue weighted by Crippen LogP contribution is 2.46. The zero-order valence-corrected chi connectivity index (χ0v) is 89.6. The van der Waals surface area contributed by atoms with E-state index in [9.17, 15) is 14.7 Å². The van der Waals surface area contributed by atoms with Crippen LogP contribution in [-0.2, 0) is 114 Å². The second-order valence-electron chi connectivity index (χ2n) is 36.4. The summed E-state index contributed by atoms with van der Waals surface area (Å²) < 4.78 is 178. The van der Waals surface area contributed by atoms with Crippen LogP contribution in [-0.4, -0.2) is 308 Å². The SMILES string of the molecule is CCCCOCC1O[C@@H](OCC2C(O[C@@H]3OC(COCCCC)[C@@H](O[C@@H]4OC(COCCCC)[C@H](OCCCC)C(OC(=O)c5ccccc5)[C@@H]4OC(=O)c4ccccc4)C(OCCCC)[C@@H]3NC(=O)OCC(Cl)(Cl)Cl)[C@@H]([C@H](O)F)C(OCCCC)[C@@H]2OCCCC)[C@@H](NC(=O)OCC(Cl)(Cl)Cl)C(OCCCC)[C@@H]1O[C@@H]1OC(COCCCC)[C@H](OCCCC)C(OC(=O)c2ccccc2)[C@@H]1OC(=O)c1ccccc1. The Hall–Kier alpha value is -5.79. The van der Waals surface area contributed by atoms with Crippen molar-refractivity contribution in [2.75, 3.05) is 112 Å². The van der Waals surface area contributed by atoms with E-state index in [1.165, 1.54) is 0 Å². The van der Waals surface area contributed by atoms with Gasteiger partial charge in [0.2, 0.25) is 13.9 Å². The zero-order valence-electron chi connectivity index (χ0n) is 85.1. The Morgan fingerprint density at radius 1 is 0.310 bits per heavy atom. The van der Waals surface area contributed by atoms with Crippen LogP contribution in [0.5, 0.6) is 0 Å². The number of aliphatic hydroxyl groups is 1. The quantitative estimate of drug-likeness (QED) is 0.0160. The molecule has 0 spiro atoms. The van der Waals surface area contributed by atoms with E-state index in [4.69, 9.17) is 183 Å². The molecular weight excluding hydrogens is 2020 g/mol. The van der Waals surface area contributed by atoms with Gasteiger partial charge in [0.25, 0.3) is 0 Å². The van der Waals surface area contributed by atoms with Gasteiger partial charge in [-0.05, 0) is 113 Å². The Bertz CT molecular complexity index is 4250. The molecule has 3 N–H and O–H groups in total. The molecule has 33 nitrogen and oxygen atoms in total. The minimum atomic E-state index is -2.84. The fourth-order valence-corrected chi connectivity index (χ4v) is 17.5. The van der Waals surface area contributed by atoms with Gasteiger partial charge in [-0.15, -0.1) is 0 Å². The van der Waals surface area contributed by atoms with Crippen LogP contribution < -0.4 is 10.6 Å². The van der Waals surface area contributed by atoms with Crippen molar-refractivity contribution in [1.82, 2.24) is 10.6 Å². The predicted octanol–water partition coefficient (Wildman–Crippen LogP) is 18.8. The second kappa shape index (κ2) is 66.9. The number of hydrogen-bond acceptors (Lipinski definition) is 31. The van der Waals surface area contributed by atoms with Crippen LogP contribution in [0.15, 0.2) is 121 Å². The Labute approximate surface area is 883 Å². The maximum absolute atomic E-state index is 18.0. The highest BCUT2D eigenvalue weighted by Gasteiger charge is 2.63. The van der Waals surface area contributed by atoms with Crippen molar-refractivity contribution in [2.45, 2.75) is 353 Å². The monoisotopic (exact) mass is 2170 g/mol. The van der Waals surface area contributed by atoms with Gasteiger partial charge < -0.3 is 129 Å². The van der Waals surface area contributed by atoms with Crippen molar-refractivity contribution < 1.29 is 152 Å². The van der Waals surface area contributed by atoms with Gasteiger partial charge in [0.05, 0.1) is 79.5 Å². The number of rotatable bonds is 66. The van der Waals surface area contributed by atoms with Gasteiger partial charge >= 0.3 is 36.1 Å². The fourth-order valence-electron chi connectivity index (χ4n) is 17.1. The molecule has 0 aromatic heterocycles. The number of benzene rings is 4. The molecule has 5 aliphatic rings. The molecule has 145 heavy (non-hydrogen) atoms. The Balaban J connectivity index is 1.25. The van der Waals surface area contributed by atoms with Crippen molar-refractivity contribution >= 4 is 106 Å². The zero-order chi connectivity index (χ0) is 104. The summed E-state index contributed by atoms with van der Waals surface area (Å²) in [7, 11) is 0. The number of alkyl halides is 7. The second-order valence-corrected chi connectivity index (χ2v) is 41.5. The predicted molar refractivity (Wildman–Crippen MR) is 540 cm³/mol. The number of ether oxygens (including phenoxy) is 24. The molecular formula is C105H153Cl6FN2O31. The molecule has 9 rings (SSSR count). The molecule has 4 heterocycles. The van der Waals surface area contributed by atoms with Crippen LogP contribution in [0.3, 0.4) is 0 Å². The summed E-state index contributed by atoms with van der Waals surface area (Å²) in [6.45, 7) is 17.3. The van der Waals surface area contributed by atoms with Gasteiger partial charge in [-0.1, -0.05) is 276 Å². The number of esters is 4. The van der Waals surface area contributed by atoms with Crippen molar-refractivity contribution in [3.63, 3.8) is 0 Å². The van der Waals surface area contributed by atoms with E-state index < -0.39 is 223 Å². The number of amides is 2. The van der Waals surface area contributed by atoms with E-state index in [-0.39, 0.29) is 115 Å². The molecule has 26 atom stereocenters. The molecule has 1 saturated carbocycles. The third-order valence-electron chi connectivity index (χ3n) is 24.9. The van der Waals surface area contributed by atoms with Crippen molar-refractivity contribution in [3.8, 4) is 0 Å². The summed E-state index contributed by atoms with van der Waals surface area (Å²) in [6, 6.07) is 29.3. The van der Waals surface area contributed by atoms with Crippen molar-refractivity contribution in [2.24, 2.45) is 11.8 Å². The van der Waals surface area contributed by atoms with Gasteiger partial charge in [-0.25, -0.2) is 33.2 Å². The topological polar surface area (TPSA) is 368 Å². The summed E-state index contributed by atoms with van der Waals surface area (Å²) in [5.74, 6) is -6.54. The lowest BCUT2D eigenvalue weighted by Crippen LogP contribution is -2.69. The standard InChI is InChI=1S/C105H153Cl6FN2O31/c1-11-21-51-122-62-73-82(127-56-26-16-6)89(139-94(116)68-43-35-31-36-44-68)91(141-96(118)70-47-39-33-40-48-70)100(137-73)144-84-75(64-124-53-23-13-3)135-98(78(87(84)130-59-29-19-9)113-102(120)133-66-104(106,107)108)132-61-72-80(77(93(112)115)86(129-58-28-18-8)81(72)126-55-25-15-5)143-99-79(114-103(121)134-67-105(109,110)111)88(131-60-30-20-10)85(76(136-99)65-125-54-24-14-4)145-101-92(142-97(119)71-49-41-34-42-50-71)90(140-95(117)69-45-37-32-38-46-69)83(128-57-27-17-7)74(138-101)63-123-52-22-12-2/h31-50,72-93,98-101,115H,11-30,51-67H2,1-10H3,(H,113,120)(H,114,121)/t72?,73?,74?,75?,76?,77-,78+,79+,80?,81-,82+,83+,84-,85-,86?,87?,88?,89?,90?,91+,92+,93+,98-,99+,100+,101+/m1/s1. The summed E-state index contributed by atoms with van der Waals surface area (Å²) in [6.07, 6.45) is -25.6. The number of halogens is 7. The van der Waals surface area contributed by atoms with E-state index in [1.54, 1.807) is 121 Å². The minimum absolute atomic E-state index is 0.00610. The largest absolute Gasteiger partial charge is 0.452 e. The number of carbonyl (C=O) groups is 6. The van der Waals surface area contributed by atoms with Crippen molar-refractivity contribution in [3.05, 3.63) is 144 Å². The third kappa shape index (κ3) is 40.0. The van der Waals surface area contributed by atoms with E-state index in [2.05, 4.69) is 10.6 Å². The molecule has 0 bridgehead atoms. The van der Waals surface area contributed by atoms with Gasteiger partial charge in [0.1, 0.15) is 86.3 Å². The molecule has 2 amide bonds. The molecule has 4 aromatic carbocycles. The molecule has 4 saturated heterocycles. The lowest BCUT2D eigenvalue weighted by Gasteiger charge is -2.50. The lowest BCUT2D eigenvalue weighted by atomic mass is 9.94. The Kier molecular flexibility index (Phi) is 56.6. The van der Waals surface area contributed by atoms with Crippen LogP contribution >= 0.6 is 69.6 Å². The lowest BCUT2D eigenvalue weighted by molar-refractivity contribution is -0.360. The molecule has 818 valence electrons. The number of nitrogens with one attached hydrogen (secondary N) is 2. The highest BCUT2D eigenvalue weighted by atomic mass is 35.6. The number of carbonyl (C=O) groups excluding carboxylic acids is 6. The molecule has 4 aliphatic heterocycles. The average molecular weight is 2170 g/mol. The minimum Gasteiger partial charge on any atom is -0.452 e. The normalized spacial score (nSPS) is 27.8. The van der Waals surface area contributed by atoms with Crippen LogP contribution in [0.4, 0.5) is 14.0 Å². The maximum atomic E-state index is 18.0. The summed E-state index contributed by atoms with van der Waals surface area (Å²) in [4.78, 5) is 90.1. The van der Waals surface area contributed by atoms with Gasteiger partial charge in [0.15, 0.2) is 49.6 Å². The Morgan fingerprint density at radius 2 is 0.572 bits per heavy atom. The van der Waals surface area contributed by atoms with Gasteiger partial charge in [0, 0.05) is 72.0 Å². The van der Waals surface area contributed by atoms with E-state index >= 15 is 23.6 Å². The molecule has 11 unspecified atom stereocenters. The molecule has 40 heteroatoms. The van der Waals surface area contributed by atoms with Crippen molar-refractivity contribution in [1.29, 1.82) is 0 Å². The van der Waals surface area contributed by atoms with Crippen LogP contribution in [0.25, 0.3) is 0 Å². The molecule has 4 aromatic rings. The first-order chi connectivity index (χ1) is 70.2. The third-order valence-corrected chi connectivity index (χ3v) is 25.6. The first-order valence-corrected chi connectivity index (χ1v) is 54.0. The number of aliphatic hydroxyl groups excluding tert-OH is 1. The smallest absolute Gasteiger partial charge is 0.407 e. The molecule has 0 radical (unpaired) electrons. The molecule has 1 aliphatic carbocycles. The average Bonchev–Trinajstić information content (AvgIpc) is 1.54. The molecule has 5 fully saturated rings. The Morgan fingerprint density at radius 3 is 0.883 bits per heavy atom. The van der Waals surface area contributed by atoms with Crippen LogP contribution in [0.2, 0.25) is 0 Å². The summed E-state index contributed by atoms with van der Waals surface area (Å²) in [5.41, 5.74) is 0.485. The van der Waals surface area contributed by atoms with E-state index in [0.29, 0.717) is 116 Å². The fraction of sp³-hybridized carbons (Fsp3) is 0.714. The first-order valence-electron chi connectivity index (χ1n) is 51.7. The number of alkyl carbamates (subject to hydrolysis) is 2. The van der Waals surface area contributed by atoms with Gasteiger partial charge in [-0.3, -0.25) is 0 Å². The number of hydrogen-bond donors (Lipinski definition) is 3. The first kappa shape index (κ1) is 123. The van der Waals surface area contributed by atoms with E-state index in [0.717, 1.165) is 12.8 Å². The summed E-state index contributed by atoms with van der Waals surface area (Å²) in [5, 5.41) is 18.1. The van der Waals surface area contributed by atoms with E-state index in [1.807, 2.05) is 69.2 Å². The highest BCUT2D eigenvalue weighted by molar-refractivity contribution is 6.68. The maximum Gasteiger partial charge on any atom is 0.407 e. The van der Waals surface area contributed by atoms with Gasteiger partial charge in [-0.2, -0.15) is 0 Å². The summed E-state index contributed by atoms with van der Waals surface area (Å²) >= 11 is 38.1. The van der Waals surface area contributed by atoms with Crippen LogP contribution in [0.1, 0.15) is 239 Å². The number of unbranched alkanes of at least 4 members (excludes halogenated alkanes) is 10.